The van der Waals surface area contributed by atoms with Crippen LogP contribution in [0.4, 0.5) is 5.82 Å². The number of anilines is 1. The van der Waals surface area contributed by atoms with Crippen LogP contribution >= 0.6 is 0 Å². The largest absolute Gasteiger partial charge is 0.353 e. The Morgan fingerprint density at radius 3 is 2.83 bits per heavy atom. The smallest absolute Gasteiger partial charge is 0.235 e. The van der Waals surface area contributed by atoms with Gasteiger partial charge in [0.25, 0.3) is 0 Å². The lowest BCUT2D eigenvalue weighted by atomic mass is 9.98. The number of nitrogens with zero attached hydrogens (tertiary/aromatic N) is 3. The number of carbonyl (C=O) groups excluding carboxylic acids is 1. The van der Waals surface area contributed by atoms with Crippen LogP contribution in [0.15, 0.2) is 18.3 Å². The predicted molar refractivity (Wildman–Crippen MR) is 87.4 cm³/mol. The zero-order valence-corrected chi connectivity index (χ0v) is 14.2. The number of carbonyl (C=O) groups is 1. The Balaban J connectivity index is 1.97. The highest BCUT2D eigenvalue weighted by Crippen LogP contribution is 2.25. The lowest BCUT2D eigenvalue weighted by molar-refractivity contribution is -0.120. The van der Waals surface area contributed by atoms with Gasteiger partial charge in [-0.1, -0.05) is 13.3 Å². The Morgan fingerprint density at radius 1 is 1.43 bits per heavy atom. The second kappa shape index (κ2) is 7.69. The molecule has 9 heteroatoms. The van der Waals surface area contributed by atoms with E-state index in [1.54, 1.807) is 6.20 Å². The lowest BCUT2D eigenvalue weighted by Gasteiger charge is -2.19. The van der Waals surface area contributed by atoms with Crippen LogP contribution in [0, 0.1) is 5.92 Å². The van der Waals surface area contributed by atoms with E-state index in [0.29, 0.717) is 12.5 Å². The van der Waals surface area contributed by atoms with Gasteiger partial charge in [0.2, 0.25) is 15.9 Å². The average Bonchev–Trinajstić information content (AvgIpc) is 2.89. The minimum Gasteiger partial charge on any atom is -0.353 e. The molecule has 8 nitrogen and oxygen atoms in total. The van der Waals surface area contributed by atoms with Crippen LogP contribution in [0.1, 0.15) is 19.8 Å². The summed E-state index contributed by atoms with van der Waals surface area (Å²) in [5.74, 6) is 0.784. The summed E-state index contributed by atoms with van der Waals surface area (Å²) in [4.78, 5) is 14.1. The van der Waals surface area contributed by atoms with Crippen molar-refractivity contribution in [1.82, 2.24) is 20.2 Å². The van der Waals surface area contributed by atoms with Gasteiger partial charge in [0, 0.05) is 19.3 Å². The van der Waals surface area contributed by atoms with Gasteiger partial charge in [0.1, 0.15) is 0 Å². The number of aromatic nitrogens is 2. The molecule has 2 rings (SSSR count). The first-order valence-corrected chi connectivity index (χ1v) is 9.55. The van der Waals surface area contributed by atoms with E-state index >= 15 is 0 Å². The van der Waals surface area contributed by atoms with Gasteiger partial charge in [0.05, 0.1) is 18.8 Å². The average molecular weight is 341 g/mol. The van der Waals surface area contributed by atoms with E-state index in [1.807, 2.05) is 12.1 Å². The molecule has 23 heavy (non-hydrogen) atoms. The number of rotatable bonds is 7. The van der Waals surface area contributed by atoms with Crippen molar-refractivity contribution in [2.75, 3.05) is 30.8 Å². The third kappa shape index (κ3) is 5.43. The van der Waals surface area contributed by atoms with Crippen LogP contribution in [0.2, 0.25) is 0 Å². The molecule has 0 aromatic carbocycles. The molecule has 2 atom stereocenters. The highest BCUT2D eigenvalue weighted by atomic mass is 32.2. The third-order valence-electron chi connectivity index (χ3n) is 3.82. The molecule has 0 radical (unpaired) electrons. The monoisotopic (exact) mass is 341 g/mol. The second-order valence-electron chi connectivity index (χ2n) is 5.80. The van der Waals surface area contributed by atoms with Crippen LogP contribution in [-0.4, -0.2) is 56.5 Å². The van der Waals surface area contributed by atoms with Crippen LogP contribution in [0.25, 0.3) is 0 Å². The molecule has 0 saturated carbocycles. The van der Waals surface area contributed by atoms with Crippen molar-refractivity contribution in [3.63, 3.8) is 0 Å². The molecule has 1 fully saturated rings. The molecule has 1 aromatic heterocycles. The summed E-state index contributed by atoms with van der Waals surface area (Å²) < 4.78 is 24.3. The standard InChI is InChI=1S/C14H23N5O3S/c1-3-5-11-9-19(13-6-4-7-15-18-13)10-12(11)17-14(20)8-16-23(2,21)22/h4,6-7,11-12,16H,3,5,8-10H2,1-2H3,(H,17,20)/t11-,12-/m0/s1. The van der Waals surface area contributed by atoms with Crippen molar-refractivity contribution in [1.29, 1.82) is 0 Å². The second-order valence-corrected chi connectivity index (χ2v) is 7.64. The quantitative estimate of drug-likeness (QED) is 0.708. The molecular formula is C14H23N5O3S. The number of amides is 1. The molecular weight excluding hydrogens is 318 g/mol. The van der Waals surface area contributed by atoms with E-state index in [1.165, 1.54) is 0 Å². The van der Waals surface area contributed by atoms with Crippen LogP contribution < -0.4 is 14.9 Å². The number of nitrogens with one attached hydrogen (secondary N) is 2. The van der Waals surface area contributed by atoms with Crippen molar-refractivity contribution in [2.24, 2.45) is 5.92 Å². The minimum absolute atomic E-state index is 0.0224. The lowest BCUT2D eigenvalue weighted by Crippen LogP contribution is -2.45. The molecule has 1 amide bonds. The first-order valence-electron chi connectivity index (χ1n) is 7.65. The van der Waals surface area contributed by atoms with E-state index in [4.69, 9.17) is 0 Å². The van der Waals surface area contributed by atoms with Crippen molar-refractivity contribution in [2.45, 2.75) is 25.8 Å². The first kappa shape index (κ1) is 17.6. The maximum absolute atomic E-state index is 12.0. The highest BCUT2D eigenvalue weighted by Gasteiger charge is 2.33. The van der Waals surface area contributed by atoms with Gasteiger partial charge in [-0.25, -0.2) is 13.1 Å². The summed E-state index contributed by atoms with van der Waals surface area (Å²) >= 11 is 0. The Hall–Kier alpha value is -1.74. The Bertz CT molecular complexity index is 623. The zero-order chi connectivity index (χ0) is 16.9. The van der Waals surface area contributed by atoms with E-state index in [9.17, 15) is 13.2 Å². The highest BCUT2D eigenvalue weighted by molar-refractivity contribution is 7.88. The summed E-state index contributed by atoms with van der Waals surface area (Å²) in [5, 5.41) is 10.9. The predicted octanol–water partition coefficient (Wildman–Crippen LogP) is -0.253. The fraction of sp³-hybridized carbons (Fsp3) is 0.643. The van der Waals surface area contributed by atoms with Gasteiger partial charge in [-0.3, -0.25) is 4.79 Å². The number of sulfonamides is 1. The van der Waals surface area contributed by atoms with E-state index < -0.39 is 10.0 Å². The van der Waals surface area contributed by atoms with Gasteiger partial charge in [-0.2, -0.15) is 5.10 Å². The van der Waals surface area contributed by atoms with Gasteiger partial charge in [-0.05, 0) is 24.5 Å². The van der Waals surface area contributed by atoms with Gasteiger partial charge in [0.15, 0.2) is 5.82 Å². The molecule has 0 spiro atoms. The molecule has 1 saturated heterocycles. The van der Waals surface area contributed by atoms with Crippen molar-refractivity contribution in [3.8, 4) is 0 Å². The summed E-state index contributed by atoms with van der Waals surface area (Å²) in [6.45, 7) is 3.32. The number of hydrogen-bond acceptors (Lipinski definition) is 6. The number of hydrogen-bond donors (Lipinski definition) is 2. The SMILES string of the molecule is CCC[C@H]1CN(c2cccnn2)C[C@@H]1NC(=O)CNS(C)(=O)=O. The topological polar surface area (TPSA) is 104 Å². The Kier molecular flexibility index (Phi) is 5.89. The summed E-state index contributed by atoms with van der Waals surface area (Å²) in [5.41, 5.74) is 0. The summed E-state index contributed by atoms with van der Waals surface area (Å²) in [6, 6.07) is 3.70. The molecule has 1 aliphatic rings. The fourth-order valence-electron chi connectivity index (χ4n) is 2.80. The molecule has 2 heterocycles. The van der Waals surface area contributed by atoms with E-state index in [-0.39, 0.29) is 18.5 Å². The van der Waals surface area contributed by atoms with Gasteiger partial charge >= 0.3 is 0 Å². The molecule has 1 aromatic rings. The maximum Gasteiger partial charge on any atom is 0.235 e. The Morgan fingerprint density at radius 2 is 2.22 bits per heavy atom. The molecule has 1 aliphatic heterocycles. The fourth-order valence-corrected chi connectivity index (χ4v) is 3.19. The van der Waals surface area contributed by atoms with Crippen molar-refractivity contribution >= 4 is 21.7 Å². The van der Waals surface area contributed by atoms with Crippen molar-refractivity contribution in [3.05, 3.63) is 18.3 Å². The Labute approximate surface area is 136 Å². The molecule has 0 aliphatic carbocycles. The summed E-state index contributed by atoms with van der Waals surface area (Å²) in [7, 11) is -3.37. The normalized spacial score (nSPS) is 21.4. The van der Waals surface area contributed by atoms with Crippen LogP contribution in [0.5, 0.6) is 0 Å². The van der Waals surface area contributed by atoms with Crippen molar-refractivity contribution < 1.29 is 13.2 Å². The first-order chi connectivity index (χ1) is 10.9. The van der Waals surface area contributed by atoms with Gasteiger partial charge in [-0.15, -0.1) is 5.10 Å². The molecule has 0 unspecified atom stereocenters. The maximum atomic E-state index is 12.0. The molecule has 0 bridgehead atoms. The molecule has 128 valence electrons. The van der Waals surface area contributed by atoms with E-state index in [0.717, 1.165) is 31.5 Å². The third-order valence-corrected chi connectivity index (χ3v) is 4.49. The minimum atomic E-state index is -3.37. The van der Waals surface area contributed by atoms with E-state index in [2.05, 4.69) is 32.1 Å². The summed E-state index contributed by atoms with van der Waals surface area (Å²) in [6.07, 6.45) is 4.67. The van der Waals surface area contributed by atoms with Crippen LogP contribution in [0.3, 0.4) is 0 Å². The zero-order valence-electron chi connectivity index (χ0n) is 13.4. The molecule has 2 N–H and O–H groups in total. The van der Waals surface area contributed by atoms with Gasteiger partial charge < -0.3 is 10.2 Å². The van der Waals surface area contributed by atoms with Crippen LogP contribution in [-0.2, 0) is 14.8 Å².